The molecule has 0 spiro atoms. The molecule has 0 atom stereocenters. The number of aryl methyl sites for hydroxylation is 1. The molecule has 5 aromatic rings. The van der Waals surface area contributed by atoms with Crippen molar-refractivity contribution in [1.29, 1.82) is 0 Å². The SMILES string of the molecule is CCC(CC)C(=O)/C=C(\O)C(CC)CC.Cc1nc2[c-]c(-c3nccc4c3ccc3c(F)cccc34)cc(C(C)(C)C)c2o1.[Ir]. The van der Waals surface area contributed by atoms with E-state index in [-0.39, 0.29) is 54.7 Å². The van der Waals surface area contributed by atoms with Crippen LogP contribution >= 0.6 is 0 Å². The second kappa shape index (κ2) is 15.2. The number of aliphatic hydroxyl groups is 1. The largest absolute Gasteiger partial charge is 0.512 e. The Labute approximate surface area is 279 Å². The zero-order chi connectivity index (χ0) is 32.2. The quantitative estimate of drug-likeness (QED) is 0.0734. The van der Waals surface area contributed by atoms with E-state index in [2.05, 4.69) is 42.9 Å². The van der Waals surface area contributed by atoms with Gasteiger partial charge in [0.05, 0.1) is 11.3 Å². The summed E-state index contributed by atoms with van der Waals surface area (Å²) in [5.41, 5.74) is 4.07. The summed E-state index contributed by atoms with van der Waals surface area (Å²) in [6.07, 6.45) is 6.67. The maximum atomic E-state index is 14.3. The van der Waals surface area contributed by atoms with Crippen molar-refractivity contribution in [3.05, 3.63) is 83.8 Å². The first-order valence-corrected chi connectivity index (χ1v) is 15.7. The molecule has 45 heavy (non-hydrogen) atoms. The van der Waals surface area contributed by atoms with Gasteiger partial charge in [0, 0.05) is 62.0 Å². The zero-order valence-electron chi connectivity index (χ0n) is 27.5. The second-order valence-corrected chi connectivity index (χ2v) is 12.4. The van der Waals surface area contributed by atoms with Crippen LogP contribution in [0.2, 0.25) is 0 Å². The van der Waals surface area contributed by atoms with Gasteiger partial charge in [-0.05, 0) is 65.1 Å². The number of pyridine rings is 1. The van der Waals surface area contributed by atoms with E-state index >= 15 is 0 Å². The molecule has 0 aliphatic carbocycles. The standard InChI is InChI=1S/C25H20FN2O.C13H24O2.Ir/c1-14-28-22-13-15(12-20(24(22)29-14)25(2,3)4)23-19-9-8-18-16(6-5-7-21(18)26)17(19)10-11-27-23;1-5-10(6-2)12(14)9-13(15)11(7-3)8-4;/h5-12H,1-4H3;9-11,14H,5-8H2,1-4H3;/q-1;;/b;12-9-;. The van der Waals surface area contributed by atoms with Gasteiger partial charge in [-0.3, -0.25) is 4.79 Å². The van der Waals surface area contributed by atoms with Crippen LogP contribution in [0.1, 0.15) is 85.6 Å². The number of rotatable bonds is 8. The van der Waals surface area contributed by atoms with E-state index in [0.717, 1.165) is 64.2 Å². The van der Waals surface area contributed by atoms with Crippen molar-refractivity contribution >= 4 is 38.4 Å². The summed E-state index contributed by atoms with van der Waals surface area (Å²) in [6, 6.07) is 16.3. The van der Waals surface area contributed by atoms with Gasteiger partial charge in [0.1, 0.15) is 5.82 Å². The predicted octanol–water partition coefficient (Wildman–Crippen LogP) is 10.6. The molecule has 0 unspecified atom stereocenters. The molecule has 0 saturated carbocycles. The van der Waals surface area contributed by atoms with Crippen LogP contribution in [0, 0.1) is 30.6 Å². The minimum absolute atomic E-state index is 0. The van der Waals surface area contributed by atoms with Gasteiger partial charge in [-0.1, -0.05) is 78.3 Å². The third-order valence-corrected chi connectivity index (χ3v) is 8.42. The third-order valence-electron chi connectivity index (χ3n) is 8.42. The number of carbonyl (C=O) groups excluding carboxylic acids is 1. The van der Waals surface area contributed by atoms with E-state index in [0.29, 0.717) is 16.8 Å². The minimum Gasteiger partial charge on any atom is -0.512 e. The molecule has 0 fully saturated rings. The van der Waals surface area contributed by atoms with Gasteiger partial charge >= 0.3 is 0 Å². The van der Waals surface area contributed by atoms with E-state index in [1.54, 1.807) is 12.3 Å². The smallest absolute Gasteiger partial charge is 0.180 e. The van der Waals surface area contributed by atoms with Crippen molar-refractivity contribution in [2.75, 3.05) is 0 Å². The topological polar surface area (TPSA) is 76.2 Å². The molecule has 5 rings (SSSR count). The summed E-state index contributed by atoms with van der Waals surface area (Å²) < 4.78 is 20.1. The Morgan fingerprint density at radius 2 is 1.58 bits per heavy atom. The molecular formula is C38H44FIrN2O3-. The van der Waals surface area contributed by atoms with Crippen LogP contribution in [0.4, 0.5) is 4.39 Å². The number of aliphatic hydroxyl groups excluding tert-OH is 1. The average molecular weight is 788 g/mol. The molecule has 0 amide bonds. The Morgan fingerprint density at radius 3 is 2.20 bits per heavy atom. The monoisotopic (exact) mass is 788 g/mol. The first-order chi connectivity index (χ1) is 20.9. The Bertz CT molecular complexity index is 1810. The Hall–Kier alpha value is -3.41. The van der Waals surface area contributed by atoms with Crippen LogP contribution in [-0.2, 0) is 30.3 Å². The van der Waals surface area contributed by atoms with Crippen LogP contribution < -0.4 is 0 Å². The van der Waals surface area contributed by atoms with Gasteiger partial charge < -0.3 is 14.5 Å². The van der Waals surface area contributed by atoms with E-state index in [1.807, 2.05) is 58.9 Å². The number of ketones is 1. The molecule has 7 heteroatoms. The summed E-state index contributed by atoms with van der Waals surface area (Å²) in [6.45, 7) is 16.4. The zero-order valence-corrected chi connectivity index (χ0v) is 29.9. The van der Waals surface area contributed by atoms with Crippen LogP contribution in [0.25, 0.3) is 43.9 Å². The van der Waals surface area contributed by atoms with Gasteiger partial charge in [-0.15, -0.1) is 17.7 Å². The van der Waals surface area contributed by atoms with Crippen molar-refractivity contribution in [2.45, 2.75) is 86.5 Å². The van der Waals surface area contributed by atoms with E-state index in [1.165, 1.54) is 12.1 Å². The van der Waals surface area contributed by atoms with E-state index in [9.17, 15) is 14.3 Å². The molecule has 5 nitrogen and oxygen atoms in total. The normalized spacial score (nSPS) is 12.1. The van der Waals surface area contributed by atoms with Crippen molar-refractivity contribution in [3.63, 3.8) is 0 Å². The number of allylic oxidation sites excluding steroid dienone is 2. The molecule has 3 aromatic carbocycles. The number of fused-ring (bicyclic) bond motifs is 4. The van der Waals surface area contributed by atoms with E-state index < -0.39 is 0 Å². The van der Waals surface area contributed by atoms with Crippen molar-refractivity contribution in [3.8, 4) is 11.3 Å². The molecule has 1 radical (unpaired) electrons. The number of aromatic nitrogens is 2. The molecule has 1 N–H and O–H groups in total. The number of halogens is 1. The Morgan fingerprint density at radius 1 is 0.956 bits per heavy atom. The van der Waals surface area contributed by atoms with Crippen LogP contribution in [-0.4, -0.2) is 20.9 Å². The summed E-state index contributed by atoms with van der Waals surface area (Å²) in [5.74, 6) is 0.946. The molecule has 2 aromatic heterocycles. The van der Waals surface area contributed by atoms with Crippen molar-refractivity contribution in [2.24, 2.45) is 11.8 Å². The van der Waals surface area contributed by atoms with Gasteiger partial charge in [0.25, 0.3) is 0 Å². The Balaban J connectivity index is 0.000000297. The number of hydrogen-bond acceptors (Lipinski definition) is 5. The molecule has 2 heterocycles. The molecule has 241 valence electrons. The fourth-order valence-electron chi connectivity index (χ4n) is 5.73. The fraction of sp³-hybridized carbons (Fsp3) is 0.395. The molecule has 0 aliphatic rings. The van der Waals surface area contributed by atoms with Crippen LogP contribution in [0.15, 0.2) is 64.9 Å². The van der Waals surface area contributed by atoms with Crippen molar-refractivity contribution in [1.82, 2.24) is 9.97 Å². The summed E-state index contributed by atoms with van der Waals surface area (Å²) >= 11 is 0. The molecule has 0 saturated heterocycles. The van der Waals surface area contributed by atoms with Gasteiger partial charge in [-0.2, -0.15) is 0 Å². The predicted molar refractivity (Wildman–Crippen MR) is 178 cm³/mol. The number of oxazole rings is 1. The number of carbonyl (C=O) groups is 1. The average Bonchev–Trinajstić information content (AvgIpc) is 3.37. The summed E-state index contributed by atoms with van der Waals surface area (Å²) in [7, 11) is 0. The maximum absolute atomic E-state index is 14.3. The number of hydrogen-bond donors (Lipinski definition) is 1. The molecule has 0 aliphatic heterocycles. The summed E-state index contributed by atoms with van der Waals surface area (Å²) in [4.78, 5) is 20.9. The minimum atomic E-state index is -0.219. The number of benzene rings is 3. The first-order valence-electron chi connectivity index (χ1n) is 15.7. The van der Waals surface area contributed by atoms with Crippen LogP contribution in [0.3, 0.4) is 0 Å². The first kappa shape index (κ1) is 36.1. The van der Waals surface area contributed by atoms with E-state index in [4.69, 9.17) is 4.42 Å². The Kier molecular flexibility index (Phi) is 12.2. The molecular weight excluding hydrogens is 744 g/mol. The van der Waals surface area contributed by atoms with Gasteiger partial charge in [-0.25, -0.2) is 9.37 Å². The van der Waals surface area contributed by atoms with Gasteiger partial charge in [0.2, 0.25) is 0 Å². The summed E-state index contributed by atoms with van der Waals surface area (Å²) in [5, 5.41) is 13.2. The third kappa shape index (κ3) is 7.88. The fourth-order valence-corrected chi connectivity index (χ4v) is 5.73. The van der Waals surface area contributed by atoms with Crippen LogP contribution in [0.5, 0.6) is 0 Å². The van der Waals surface area contributed by atoms with Gasteiger partial charge in [0.15, 0.2) is 11.7 Å². The maximum Gasteiger partial charge on any atom is 0.180 e. The van der Waals surface area contributed by atoms with Crippen molar-refractivity contribution < 1.29 is 38.8 Å². The molecule has 0 bridgehead atoms. The second-order valence-electron chi connectivity index (χ2n) is 12.4. The number of nitrogens with zero attached hydrogens (tertiary/aromatic N) is 2.